The second-order valence-corrected chi connectivity index (χ2v) is 8.97. The Morgan fingerprint density at radius 3 is 2.93 bits per heavy atom. The molecule has 1 aromatic heterocycles. The van der Waals surface area contributed by atoms with Gasteiger partial charge in [0, 0.05) is 57.6 Å². The monoisotopic (exact) mass is 409 g/mol. The van der Waals surface area contributed by atoms with Gasteiger partial charge in [0.25, 0.3) is 0 Å². The van der Waals surface area contributed by atoms with Gasteiger partial charge in [0.1, 0.15) is 5.82 Å². The molecule has 1 amide bonds. The van der Waals surface area contributed by atoms with Crippen LogP contribution < -0.4 is 10.6 Å². The zero-order chi connectivity index (χ0) is 20.8. The van der Waals surface area contributed by atoms with Crippen LogP contribution in [-0.4, -0.2) is 52.6 Å². The average molecular weight is 410 g/mol. The molecule has 162 valence electrons. The van der Waals surface area contributed by atoms with Crippen LogP contribution in [0.1, 0.15) is 37.1 Å². The van der Waals surface area contributed by atoms with Crippen molar-refractivity contribution in [3.63, 3.8) is 0 Å². The highest BCUT2D eigenvalue weighted by Gasteiger charge is 2.35. The molecular weight excluding hydrogens is 374 g/mol. The SMILES string of the molecule is Cc1nccn1CCNC(=O)CCC[C@H]1NCC2CC1CN(Cc1ccccc1)C2. The molecule has 6 heteroatoms. The van der Waals surface area contributed by atoms with Gasteiger partial charge in [0.2, 0.25) is 5.91 Å². The maximum atomic E-state index is 12.2. The maximum Gasteiger partial charge on any atom is 0.220 e. The van der Waals surface area contributed by atoms with Gasteiger partial charge in [0.05, 0.1) is 0 Å². The number of aromatic nitrogens is 2. The summed E-state index contributed by atoms with van der Waals surface area (Å²) in [5, 5.41) is 6.83. The molecule has 3 heterocycles. The van der Waals surface area contributed by atoms with E-state index in [1.807, 2.05) is 13.1 Å². The van der Waals surface area contributed by atoms with Crippen LogP contribution in [0.2, 0.25) is 0 Å². The van der Waals surface area contributed by atoms with Crippen molar-refractivity contribution in [3.05, 3.63) is 54.1 Å². The lowest BCUT2D eigenvalue weighted by molar-refractivity contribution is -0.121. The quantitative estimate of drug-likeness (QED) is 0.668. The first-order valence-electron chi connectivity index (χ1n) is 11.4. The molecule has 2 saturated heterocycles. The lowest BCUT2D eigenvalue weighted by Crippen LogP contribution is -2.55. The highest BCUT2D eigenvalue weighted by molar-refractivity contribution is 5.75. The van der Waals surface area contributed by atoms with E-state index in [4.69, 9.17) is 0 Å². The number of piperidine rings is 2. The van der Waals surface area contributed by atoms with Gasteiger partial charge in [-0.25, -0.2) is 4.98 Å². The summed E-state index contributed by atoms with van der Waals surface area (Å²) < 4.78 is 2.06. The Morgan fingerprint density at radius 2 is 2.13 bits per heavy atom. The van der Waals surface area contributed by atoms with E-state index in [0.717, 1.165) is 44.2 Å². The molecule has 2 N–H and O–H groups in total. The number of hydrogen-bond donors (Lipinski definition) is 2. The van der Waals surface area contributed by atoms with Crippen LogP contribution in [0, 0.1) is 18.8 Å². The van der Waals surface area contributed by atoms with Crippen LogP contribution >= 0.6 is 0 Å². The van der Waals surface area contributed by atoms with Crippen molar-refractivity contribution in [2.45, 2.75) is 51.7 Å². The number of carbonyl (C=O) groups excluding carboxylic acids is 1. The number of hydrogen-bond acceptors (Lipinski definition) is 4. The van der Waals surface area contributed by atoms with Gasteiger partial charge >= 0.3 is 0 Å². The van der Waals surface area contributed by atoms with Crippen molar-refractivity contribution in [1.29, 1.82) is 0 Å². The Morgan fingerprint density at radius 1 is 1.27 bits per heavy atom. The van der Waals surface area contributed by atoms with Crippen molar-refractivity contribution < 1.29 is 4.79 Å². The third kappa shape index (κ3) is 5.70. The van der Waals surface area contributed by atoms with Crippen molar-refractivity contribution in [2.75, 3.05) is 26.2 Å². The van der Waals surface area contributed by atoms with E-state index >= 15 is 0 Å². The lowest BCUT2D eigenvalue weighted by atomic mass is 9.79. The number of carbonyl (C=O) groups is 1. The second-order valence-electron chi connectivity index (χ2n) is 8.97. The van der Waals surface area contributed by atoms with Crippen molar-refractivity contribution in [1.82, 2.24) is 25.1 Å². The van der Waals surface area contributed by atoms with Gasteiger partial charge in [-0.1, -0.05) is 30.3 Å². The van der Waals surface area contributed by atoms with Gasteiger partial charge in [-0.15, -0.1) is 0 Å². The summed E-state index contributed by atoms with van der Waals surface area (Å²) in [6.07, 6.45) is 7.74. The first kappa shape index (κ1) is 21.1. The largest absolute Gasteiger partial charge is 0.354 e. The van der Waals surface area contributed by atoms with Gasteiger partial charge in [-0.05, 0) is 50.1 Å². The molecule has 0 spiro atoms. The highest BCUT2D eigenvalue weighted by atomic mass is 16.1. The number of aryl methyl sites for hydroxylation is 1. The number of nitrogens with one attached hydrogen (secondary N) is 2. The number of likely N-dealkylation sites (tertiary alicyclic amines) is 1. The number of fused-ring (bicyclic) bond motifs is 2. The van der Waals surface area contributed by atoms with E-state index < -0.39 is 0 Å². The van der Waals surface area contributed by atoms with Crippen LogP contribution in [0.15, 0.2) is 42.7 Å². The van der Waals surface area contributed by atoms with E-state index in [-0.39, 0.29) is 5.91 Å². The fourth-order valence-corrected chi connectivity index (χ4v) is 5.11. The van der Waals surface area contributed by atoms with Crippen molar-refractivity contribution >= 4 is 5.91 Å². The molecule has 30 heavy (non-hydrogen) atoms. The Labute approximate surface area is 180 Å². The minimum Gasteiger partial charge on any atom is -0.354 e. The van der Waals surface area contributed by atoms with Crippen LogP contribution in [0.4, 0.5) is 0 Å². The molecular formula is C24H35N5O. The van der Waals surface area contributed by atoms with Crippen LogP contribution in [0.5, 0.6) is 0 Å². The standard InChI is InChI=1S/C24H35N5O/c1-19-25-10-12-29(19)13-11-26-24(30)9-5-8-23-22-14-21(15-27-23)17-28(18-22)16-20-6-3-2-4-7-20/h2-4,6-7,10,12,21-23,27H,5,8-9,11,13-18H2,1H3,(H,26,30)/t21?,22?,23-/m1/s1. The summed E-state index contributed by atoms with van der Waals surface area (Å²) in [5.74, 6) is 2.61. The molecule has 0 aliphatic carbocycles. The summed E-state index contributed by atoms with van der Waals surface area (Å²) in [6.45, 7) is 7.96. The summed E-state index contributed by atoms with van der Waals surface area (Å²) in [4.78, 5) is 19.0. The summed E-state index contributed by atoms with van der Waals surface area (Å²) in [5.41, 5.74) is 1.41. The zero-order valence-electron chi connectivity index (χ0n) is 18.1. The smallest absolute Gasteiger partial charge is 0.220 e. The Hall–Kier alpha value is -2.18. The fourth-order valence-electron chi connectivity index (χ4n) is 5.11. The van der Waals surface area contributed by atoms with Gasteiger partial charge in [-0.2, -0.15) is 0 Å². The number of rotatable bonds is 9. The van der Waals surface area contributed by atoms with E-state index in [2.05, 4.69) is 55.4 Å². The molecule has 2 unspecified atom stereocenters. The Kier molecular flexibility index (Phi) is 7.18. The number of benzene rings is 1. The molecule has 0 saturated carbocycles. The molecule has 2 bridgehead atoms. The summed E-state index contributed by atoms with van der Waals surface area (Å²) in [6, 6.07) is 11.3. The molecule has 1 aromatic carbocycles. The van der Waals surface area contributed by atoms with Crippen LogP contribution in [0.3, 0.4) is 0 Å². The molecule has 2 aliphatic heterocycles. The minimum atomic E-state index is 0.163. The maximum absolute atomic E-state index is 12.2. The molecule has 6 nitrogen and oxygen atoms in total. The van der Waals surface area contributed by atoms with Crippen molar-refractivity contribution in [2.24, 2.45) is 11.8 Å². The molecule has 4 rings (SSSR count). The second kappa shape index (κ2) is 10.2. The van der Waals surface area contributed by atoms with E-state index in [1.54, 1.807) is 6.20 Å². The lowest BCUT2D eigenvalue weighted by Gasteiger charge is -2.46. The molecule has 2 aromatic rings. The number of imidazole rings is 1. The highest BCUT2D eigenvalue weighted by Crippen LogP contribution is 2.31. The third-order valence-electron chi connectivity index (χ3n) is 6.65. The van der Waals surface area contributed by atoms with Gasteiger partial charge < -0.3 is 15.2 Å². The predicted molar refractivity (Wildman–Crippen MR) is 119 cm³/mol. The number of nitrogens with zero attached hydrogens (tertiary/aromatic N) is 3. The molecule has 2 aliphatic rings. The molecule has 0 radical (unpaired) electrons. The normalized spacial score (nSPS) is 24.0. The van der Waals surface area contributed by atoms with Gasteiger partial charge in [0.15, 0.2) is 0 Å². The Bertz CT molecular complexity index is 805. The van der Waals surface area contributed by atoms with Crippen LogP contribution in [0.25, 0.3) is 0 Å². The van der Waals surface area contributed by atoms with E-state index in [1.165, 1.54) is 25.1 Å². The van der Waals surface area contributed by atoms with E-state index in [0.29, 0.717) is 24.9 Å². The molecule has 2 fully saturated rings. The summed E-state index contributed by atoms with van der Waals surface area (Å²) >= 11 is 0. The Balaban J connectivity index is 1.17. The van der Waals surface area contributed by atoms with Crippen molar-refractivity contribution in [3.8, 4) is 0 Å². The topological polar surface area (TPSA) is 62.2 Å². The third-order valence-corrected chi connectivity index (χ3v) is 6.65. The van der Waals surface area contributed by atoms with Gasteiger partial charge in [-0.3, -0.25) is 9.69 Å². The van der Waals surface area contributed by atoms with Crippen LogP contribution in [-0.2, 0) is 17.9 Å². The van der Waals surface area contributed by atoms with E-state index in [9.17, 15) is 4.79 Å². The fraction of sp³-hybridized carbons (Fsp3) is 0.583. The first-order valence-corrected chi connectivity index (χ1v) is 11.4. The predicted octanol–water partition coefficient (Wildman–Crippen LogP) is 2.59. The average Bonchev–Trinajstić information content (AvgIpc) is 3.15. The first-order chi connectivity index (χ1) is 14.7. The molecule has 3 atom stereocenters. The number of amides is 1. The summed E-state index contributed by atoms with van der Waals surface area (Å²) in [7, 11) is 0. The minimum absolute atomic E-state index is 0.163. The zero-order valence-corrected chi connectivity index (χ0v) is 18.1.